The molecular weight excluding hydrogens is 468 g/mol. The maximum atomic E-state index is 12.8. The Hall–Kier alpha value is -4.50. The molecule has 38 heavy (non-hydrogen) atoms. The number of rotatable bonds is 8. The highest BCUT2D eigenvalue weighted by Gasteiger charge is 2.28. The van der Waals surface area contributed by atoms with Gasteiger partial charge in [0.15, 0.2) is 11.6 Å². The van der Waals surface area contributed by atoms with Crippen LogP contribution in [0.2, 0.25) is 0 Å². The molecule has 0 fully saturated rings. The first-order valence-electron chi connectivity index (χ1n) is 13.1. The Kier molecular flexibility index (Phi) is 8.05. The van der Waals surface area contributed by atoms with Crippen molar-refractivity contribution in [3.8, 4) is 5.75 Å². The summed E-state index contributed by atoms with van der Waals surface area (Å²) in [6.07, 6.45) is 16.7. The van der Waals surface area contributed by atoms with Gasteiger partial charge in [-0.2, -0.15) is 0 Å². The van der Waals surface area contributed by atoms with E-state index < -0.39 is 5.92 Å². The van der Waals surface area contributed by atoms with E-state index in [2.05, 4.69) is 54.6 Å². The first kappa shape index (κ1) is 25.2. The van der Waals surface area contributed by atoms with Crippen molar-refractivity contribution in [1.82, 2.24) is 0 Å². The number of hydrogen-bond acceptors (Lipinski definition) is 3. The van der Waals surface area contributed by atoms with Crippen molar-refractivity contribution in [2.24, 2.45) is 5.92 Å². The van der Waals surface area contributed by atoms with Crippen molar-refractivity contribution >= 4 is 29.3 Å². The highest BCUT2D eigenvalue weighted by molar-refractivity contribution is 6.13. The molecule has 0 N–H and O–H groups in total. The van der Waals surface area contributed by atoms with Crippen LogP contribution in [0.1, 0.15) is 42.4 Å². The standard InChI is InChI=1S/C35H30O3/c36-34(22-19-26-11-4-1-5-12-26)32-21-20-31(25-35(32)37)38-30-18-10-13-27(23-30)24-33(28-14-6-2-7-15-28)29-16-8-3-9-17-29/h1-2,4-8,10-19,22-25,32H,3,9,20-21H2/b22-19+,33-24+. The second-order valence-corrected chi connectivity index (χ2v) is 9.49. The maximum absolute atomic E-state index is 12.8. The largest absolute Gasteiger partial charge is 0.462 e. The summed E-state index contributed by atoms with van der Waals surface area (Å²) in [5.41, 5.74) is 5.49. The van der Waals surface area contributed by atoms with E-state index in [-0.39, 0.29) is 11.6 Å². The zero-order chi connectivity index (χ0) is 26.2. The van der Waals surface area contributed by atoms with Gasteiger partial charge in [-0.3, -0.25) is 9.59 Å². The van der Waals surface area contributed by atoms with E-state index in [4.69, 9.17) is 4.74 Å². The number of allylic oxidation sites excluding steroid dienone is 8. The minimum absolute atomic E-state index is 0.166. The molecule has 188 valence electrons. The number of carbonyl (C=O) groups excluding carboxylic acids is 2. The predicted molar refractivity (Wildman–Crippen MR) is 154 cm³/mol. The number of ketones is 2. The number of benzene rings is 3. The monoisotopic (exact) mass is 498 g/mol. The van der Waals surface area contributed by atoms with Crippen molar-refractivity contribution in [2.45, 2.75) is 25.7 Å². The summed E-state index contributed by atoms with van der Waals surface area (Å²) in [6.45, 7) is 0. The summed E-state index contributed by atoms with van der Waals surface area (Å²) in [5.74, 6) is 0.246. The third kappa shape index (κ3) is 6.43. The maximum Gasteiger partial charge on any atom is 0.169 e. The highest BCUT2D eigenvalue weighted by atomic mass is 16.5. The van der Waals surface area contributed by atoms with E-state index in [1.54, 1.807) is 6.08 Å². The van der Waals surface area contributed by atoms with Gasteiger partial charge in [0.2, 0.25) is 0 Å². The van der Waals surface area contributed by atoms with E-state index >= 15 is 0 Å². The van der Waals surface area contributed by atoms with Crippen LogP contribution in [0, 0.1) is 5.92 Å². The molecule has 0 spiro atoms. The van der Waals surface area contributed by atoms with Gasteiger partial charge in [-0.25, -0.2) is 0 Å². The van der Waals surface area contributed by atoms with Crippen molar-refractivity contribution < 1.29 is 14.3 Å². The third-order valence-corrected chi connectivity index (χ3v) is 6.72. The van der Waals surface area contributed by atoms with E-state index in [0.29, 0.717) is 24.4 Å². The van der Waals surface area contributed by atoms with Crippen LogP contribution in [0.15, 0.2) is 127 Å². The van der Waals surface area contributed by atoms with Crippen molar-refractivity contribution in [2.75, 3.05) is 0 Å². The van der Waals surface area contributed by atoms with Gasteiger partial charge in [0.25, 0.3) is 0 Å². The lowest BCUT2D eigenvalue weighted by Crippen LogP contribution is -2.25. The lowest BCUT2D eigenvalue weighted by molar-refractivity contribution is -0.128. The number of hydrogen-bond donors (Lipinski definition) is 0. The Bertz CT molecular complexity index is 1450. The second-order valence-electron chi connectivity index (χ2n) is 9.49. The summed E-state index contributed by atoms with van der Waals surface area (Å²) >= 11 is 0. The molecule has 3 aromatic carbocycles. The van der Waals surface area contributed by atoms with Crippen LogP contribution in [-0.2, 0) is 9.59 Å². The molecular formula is C35H30O3. The fraction of sp³-hybridized carbons (Fsp3) is 0.143. The summed E-state index contributed by atoms with van der Waals surface area (Å²) in [4.78, 5) is 25.4. The Morgan fingerprint density at radius 3 is 2.37 bits per heavy atom. The van der Waals surface area contributed by atoms with Crippen molar-refractivity contribution in [1.29, 1.82) is 0 Å². The molecule has 0 saturated carbocycles. The van der Waals surface area contributed by atoms with Crippen LogP contribution in [0.25, 0.3) is 17.7 Å². The van der Waals surface area contributed by atoms with Gasteiger partial charge in [0, 0.05) is 12.5 Å². The second kappa shape index (κ2) is 12.2. The van der Waals surface area contributed by atoms with Gasteiger partial charge < -0.3 is 4.74 Å². The summed E-state index contributed by atoms with van der Waals surface area (Å²) < 4.78 is 6.11. The molecule has 5 rings (SSSR count). The molecule has 0 radical (unpaired) electrons. The van der Waals surface area contributed by atoms with Crippen LogP contribution in [0.4, 0.5) is 0 Å². The van der Waals surface area contributed by atoms with Gasteiger partial charge in [-0.15, -0.1) is 0 Å². The Balaban J connectivity index is 1.30. The number of ether oxygens (including phenoxy) is 1. The first-order chi connectivity index (χ1) is 18.7. The van der Waals surface area contributed by atoms with E-state index in [9.17, 15) is 9.59 Å². The van der Waals surface area contributed by atoms with Crippen LogP contribution in [-0.4, -0.2) is 11.6 Å². The lowest BCUT2D eigenvalue weighted by atomic mass is 9.88. The van der Waals surface area contributed by atoms with Crippen molar-refractivity contribution in [3.05, 3.63) is 143 Å². The molecule has 0 saturated heterocycles. The fourth-order valence-corrected chi connectivity index (χ4v) is 4.73. The average Bonchev–Trinajstić information content (AvgIpc) is 2.96. The minimum atomic E-state index is -0.651. The molecule has 3 aromatic rings. The van der Waals surface area contributed by atoms with Crippen LogP contribution >= 0.6 is 0 Å². The SMILES string of the molecule is O=C1C=C(Oc2cccc(/C=C(/C3=CCCC=C3)c3ccccc3)c2)CCC1C(=O)/C=C/c1ccccc1. The Morgan fingerprint density at radius 2 is 1.63 bits per heavy atom. The van der Waals surface area contributed by atoms with Crippen LogP contribution in [0.3, 0.4) is 0 Å². The van der Waals surface area contributed by atoms with Gasteiger partial charge in [-0.1, -0.05) is 97.1 Å². The fourth-order valence-electron chi connectivity index (χ4n) is 4.73. The van der Waals surface area contributed by atoms with E-state index in [1.165, 1.54) is 17.7 Å². The van der Waals surface area contributed by atoms with Crippen LogP contribution in [0.5, 0.6) is 5.75 Å². The summed E-state index contributed by atoms with van der Waals surface area (Å²) in [5, 5.41) is 0. The van der Waals surface area contributed by atoms with Crippen molar-refractivity contribution in [3.63, 3.8) is 0 Å². The van der Waals surface area contributed by atoms with Gasteiger partial charge in [-0.05, 0) is 71.4 Å². The summed E-state index contributed by atoms with van der Waals surface area (Å²) in [7, 11) is 0. The van der Waals surface area contributed by atoms with Gasteiger partial charge >= 0.3 is 0 Å². The van der Waals surface area contributed by atoms with Gasteiger partial charge in [0.05, 0.1) is 5.92 Å². The predicted octanol–water partition coefficient (Wildman–Crippen LogP) is 8.03. The van der Waals surface area contributed by atoms with E-state index in [1.807, 2.05) is 54.6 Å². The molecule has 3 heteroatoms. The average molecular weight is 499 g/mol. The zero-order valence-corrected chi connectivity index (χ0v) is 21.3. The molecule has 0 heterocycles. The molecule has 0 amide bonds. The van der Waals surface area contributed by atoms with Gasteiger partial charge in [0.1, 0.15) is 11.5 Å². The molecule has 3 nitrogen and oxygen atoms in total. The molecule has 0 aliphatic heterocycles. The summed E-state index contributed by atoms with van der Waals surface area (Å²) in [6, 6.07) is 27.9. The zero-order valence-electron chi connectivity index (χ0n) is 21.3. The molecule has 0 bridgehead atoms. The smallest absolute Gasteiger partial charge is 0.169 e. The number of carbonyl (C=O) groups is 2. The molecule has 0 aromatic heterocycles. The Labute approximate surface area is 224 Å². The lowest BCUT2D eigenvalue weighted by Gasteiger charge is -2.19. The van der Waals surface area contributed by atoms with E-state index in [0.717, 1.165) is 35.1 Å². The molecule has 1 atom stereocenters. The molecule has 2 aliphatic rings. The minimum Gasteiger partial charge on any atom is -0.462 e. The van der Waals surface area contributed by atoms with Crippen LogP contribution < -0.4 is 4.74 Å². The Morgan fingerprint density at radius 1 is 0.868 bits per heavy atom. The molecule has 1 unspecified atom stereocenters. The first-order valence-corrected chi connectivity index (χ1v) is 13.1. The quantitative estimate of drug-likeness (QED) is 0.179. The third-order valence-electron chi connectivity index (χ3n) is 6.72. The topological polar surface area (TPSA) is 43.4 Å². The normalized spacial score (nSPS) is 17.7. The molecule has 2 aliphatic carbocycles. The highest BCUT2D eigenvalue weighted by Crippen LogP contribution is 2.31.